The Balaban J connectivity index is 0.000000149. The molecule has 5 heteroatoms. The van der Waals surface area contributed by atoms with E-state index in [9.17, 15) is 0 Å². The van der Waals surface area contributed by atoms with E-state index >= 15 is 0 Å². The molecule has 0 aliphatic rings. The van der Waals surface area contributed by atoms with Crippen LogP contribution in [0.25, 0.3) is 112 Å². The lowest BCUT2D eigenvalue weighted by Crippen LogP contribution is -2.31. The van der Waals surface area contributed by atoms with Crippen LogP contribution in [0.3, 0.4) is 0 Å². The molecule has 15 rings (SSSR count). The lowest BCUT2D eigenvalue weighted by molar-refractivity contribution is -0.660. The molecular weight excluding hydrogens is 1320 g/mol. The maximum absolute atomic E-state index is 8.41. The molecule has 0 fully saturated rings. The van der Waals surface area contributed by atoms with Crippen LogP contribution >= 0.6 is 0 Å². The Morgan fingerprint density at radius 1 is 0.239 bits per heavy atom. The molecule has 0 aliphatic heterocycles. The molecule has 109 heavy (non-hydrogen) atoms. The summed E-state index contributed by atoms with van der Waals surface area (Å²) in [5.41, 5.74) is 33.0. The first kappa shape index (κ1) is 62.0. The summed E-state index contributed by atoms with van der Waals surface area (Å²) in [6.07, 6.45) is 9.10. The predicted molar refractivity (Wildman–Crippen MR) is 459 cm³/mol. The second-order valence-corrected chi connectivity index (χ2v) is 28.4. The highest BCUT2D eigenvalue weighted by atomic mass is 14.9. The van der Waals surface area contributed by atoms with Crippen molar-refractivity contribution in [2.75, 3.05) is 0 Å². The summed E-state index contributed by atoms with van der Waals surface area (Å²) in [7, 11) is 9.72. The van der Waals surface area contributed by atoms with E-state index in [-0.39, 0.29) is 0 Å². The van der Waals surface area contributed by atoms with Gasteiger partial charge in [-0.15, -0.1) is 0 Å². The van der Waals surface area contributed by atoms with Gasteiger partial charge in [0.1, 0.15) is 35.2 Å². The minimum absolute atomic E-state index is 0.352. The quantitative estimate of drug-likeness (QED) is 0.115. The van der Waals surface area contributed by atoms with Gasteiger partial charge in [-0.2, -0.15) is 0 Å². The van der Waals surface area contributed by atoms with Crippen LogP contribution in [-0.4, -0.2) is 0 Å². The number of aryl methyl sites for hydroxylation is 16. The van der Waals surface area contributed by atoms with E-state index in [1.165, 1.54) is 62.7 Å². The van der Waals surface area contributed by atoms with Crippen LogP contribution < -0.4 is 22.8 Å². The molecule has 1 unspecified atom stereocenters. The number of pyridine rings is 5. The summed E-state index contributed by atoms with van der Waals surface area (Å²) >= 11 is 0. The number of aromatic nitrogens is 5. The number of hydrogen-bond donors (Lipinski definition) is 0. The molecule has 0 aliphatic carbocycles. The molecule has 0 saturated heterocycles. The van der Waals surface area contributed by atoms with Gasteiger partial charge in [-0.05, 0) is 224 Å². The summed E-state index contributed by atoms with van der Waals surface area (Å²) < 4.78 is 110. The van der Waals surface area contributed by atoms with E-state index < -0.39 is 33.3 Å². The molecule has 0 spiro atoms. The first-order valence-electron chi connectivity index (χ1n) is 43.5. The third-order valence-electron chi connectivity index (χ3n) is 20.1. The Kier molecular flexibility index (Phi) is 20.5. The largest absolute Gasteiger partial charge is 0.212 e. The maximum atomic E-state index is 8.41. The highest BCUT2D eigenvalue weighted by Gasteiger charge is 2.21. The Hall–Kier alpha value is -12.1. The zero-order valence-electron chi connectivity index (χ0n) is 78.3. The molecule has 0 bridgehead atoms. The average molecular weight is 1440 g/mol. The van der Waals surface area contributed by atoms with E-state index in [0.717, 1.165) is 101 Å². The summed E-state index contributed by atoms with van der Waals surface area (Å²) in [6.45, 7) is 9.10. The molecule has 544 valence electrons. The lowest BCUT2D eigenvalue weighted by atomic mass is 9.95. The fourth-order valence-corrected chi connectivity index (χ4v) is 13.5. The van der Waals surface area contributed by atoms with Gasteiger partial charge in [-0.3, -0.25) is 0 Å². The van der Waals surface area contributed by atoms with Crippen LogP contribution in [0.2, 0.25) is 0 Å². The molecule has 5 nitrogen and oxygen atoms in total. The predicted octanol–water partition coefficient (Wildman–Crippen LogP) is 23.7. The fourth-order valence-electron chi connectivity index (χ4n) is 13.5. The Bertz CT molecular complexity index is 6180. The second kappa shape index (κ2) is 36.0. The van der Waals surface area contributed by atoms with Gasteiger partial charge in [0, 0.05) is 105 Å². The molecule has 1 atom stereocenters. The molecule has 0 amide bonds. The second-order valence-electron chi connectivity index (χ2n) is 28.4. The number of benzene rings is 10. The lowest BCUT2D eigenvalue weighted by Gasteiger charge is -2.11. The van der Waals surface area contributed by atoms with Crippen LogP contribution in [0.1, 0.15) is 104 Å². The SMILES string of the molecule is Cc1cc[n+](C)c(-c2cc(-c3ccccc3)ccc2C)c1.[2H]C([2H])([2H])C([2H])(C)c1cc[n+](C)c(-c2cc(-c3ccccc3)ccc2C)c1.[2H]C([2H])([2H])c1c[n+](C)c(-c2cc(-c3ccccc3)ccc2C)cc1C.[2H]C([2H])([2H])c1c[n+](C)c(-c2ccc(-c3ccccc3)cc2C)cc1C.[2H]C([2H])([2H])c1ccc(-c2cc(-c3ccccc3)ccc2C)[n+](C)c1. The fraction of sp³-hybridized carbons (Fsp3) is 0.183. The Morgan fingerprint density at radius 3 is 0.945 bits per heavy atom. The van der Waals surface area contributed by atoms with E-state index in [2.05, 4.69) is 234 Å². The number of rotatable bonds is 11. The van der Waals surface area contributed by atoms with Crippen LogP contribution in [0.4, 0.5) is 0 Å². The normalized spacial score (nSPS) is 13.5. The van der Waals surface area contributed by atoms with Crippen molar-refractivity contribution in [1.82, 2.24) is 0 Å². The molecule has 0 saturated carbocycles. The summed E-state index contributed by atoms with van der Waals surface area (Å²) in [6, 6.07) is 99.1. The van der Waals surface area contributed by atoms with Crippen LogP contribution in [-0.2, 0) is 35.2 Å². The van der Waals surface area contributed by atoms with Gasteiger partial charge in [-0.25, -0.2) is 22.8 Å². The van der Waals surface area contributed by atoms with Crippen molar-refractivity contribution in [3.63, 3.8) is 0 Å². The molecule has 0 N–H and O–H groups in total. The third kappa shape index (κ3) is 19.6. The van der Waals surface area contributed by atoms with Crippen LogP contribution in [0.15, 0.2) is 322 Å². The minimum atomic E-state index is -2.40. The van der Waals surface area contributed by atoms with E-state index in [0.29, 0.717) is 22.3 Å². The molecule has 5 heterocycles. The van der Waals surface area contributed by atoms with Crippen LogP contribution in [0, 0.1) is 75.9 Å². The summed E-state index contributed by atoms with van der Waals surface area (Å²) in [5.74, 6) is -1.67. The van der Waals surface area contributed by atoms with Gasteiger partial charge in [-0.1, -0.05) is 226 Å². The van der Waals surface area contributed by atoms with Crippen molar-refractivity contribution in [2.45, 2.75) is 95.6 Å². The van der Waals surface area contributed by atoms with Crippen molar-refractivity contribution in [3.8, 4) is 112 Å². The zero-order valence-corrected chi connectivity index (χ0v) is 65.3. The van der Waals surface area contributed by atoms with Gasteiger partial charge in [0.15, 0.2) is 31.0 Å². The van der Waals surface area contributed by atoms with E-state index in [1.54, 1.807) is 30.7 Å². The average Bonchev–Trinajstić information content (AvgIpc) is 0.790. The Labute approximate surface area is 669 Å². The smallest absolute Gasteiger partial charge is 0.201 e. The van der Waals surface area contributed by atoms with Crippen molar-refractivity contribution < 1.29 is 40.7 Å². The minimum Gasteiger partial charge on any atom is -0.201 e. The van der Waals surface area contributed by atoms with Gasteiger partial charge < -0.3 is 0 Å². The first-order valence-corrected chi connectivity index (χ1v) is 37.0. The highest BCUT2D eigenvalue weighted by molar-refractivity contribution is 5.77. The van der Waals surface area contributed by atoms with Gasteiger partial charge in [0.25, 0.3) is 0 Å². The van der Waals surface area contributed by atoms with Gasteiger partial charge in [0.2, 0.25) is 28.5 Å². The van der Waals surface area contributed by atoms with Gasteiger partial charge >= 0.3 is 0 Å². The number of hydrogen-bond acceptors (Lipinski definition) is 0. The van der Waals surface area contributed by atoms with Crippen molar-refractivity contribution in [3.05, 3.63) is 389 Å². The highest BCUT2D eigenvalue weighted by Crippen LogP contribution is 2.34. The standard InChI is InChI=1S/C22H24N.2C21H22N.2C20H20N/c1-16(2)19-12-13-23(4)22(15-19)21-14-20(11-10-17(21)3)18-8-6-5-7-9-18;1-15-13-21(22(4)14-17(15)3)20-11-10-19(12-16(20)2)18-8-6-5-7-9-18;1-15-10-11-19(18-8-6-5-7-9-18)13-20(15)21-12-16(2)17(3)14-22(21)4;1-15-9-12-20(21(3)14-15)19-13-18(11-10-16(19)2)17-7-5-4-6-8-17;1-15-11-12-21(3)20(13-15)19-14-18(10-9-16(19)2)17-7-5-4-6-8-17/h5-16H,1-4H3;2*5-14H,1-4H3;2*4-14H,1-3H3/q5*+1/i1D3,16D;2*3D3;1D3;. The van der Waals surface area contributed by atoms with E-state index in [4.69, 9.17) is 17.8 Å². The molecular formula is C104H108N5+5. The van der Waals surface area contributed by atoms with E-state index in [1.807, 2.05) is 170 Å². The summed E-state index contributed by atoms with van der Waals surface area (Å²) in [5, 5.41) is 0. The molecule has 15 aromatic rings. The van der Waals surface area contributed by atoms with Crippen molar-refractivity contribution >= 4 is 0 Å². The number of nitrogens with zero attached hydrogens (tertiary/aromatic N) is 5. The summed E-state index contributed by atoms with van der Waals surface area (Å²) in [4.78, 5) is 0. The topological polar surface area (TPSA) is 19.4 Å². The van der Waals surface area contributed by atoms with Gasteiger partial charge in [0.05, 0.1) is 0 Å². The van der Waals surface area contributed by atoms with Crippen LogP contribution in [0.5, 0.6) is 0 Å². The maximum Gasteiger partial charge on any atom is 0.212 e. The Morgan fingerprint density at radius 2 is 0.578 bits per heavy atom. The van der Waals surface area contributed by atoms with Crippen molar-refractivity contribution in [1.29, 1.82) is 0 Å². The zero-order chi connectivity index (χ0) is 88.3. The molecule has 5 aromatic heterocycles. The third-order valence-corrected chi connectivity index (χ3v) is 20.1. The first-order chi connectivity index (χ1) is 57.7. The monoisotopic (exact) mass is 1440 g/mol. The van der Waals surface area contributed by atoms with Crippen molar-refractivity contribution in [2.24, 2.45) is 35.2 Å². The molecule has 10 aromatic carbocycles. The molecule has 0 radical (unpaired) electrons.